The van der Waals surface area contributed by atoms with E-state index in [0.29, 0.717) is 32.3 Å². The van der Waals surface area contributed by atoms with Gasteiger partial charge in [-0.1, -0.05) is 80.7 Å². The molecule has 2 heterocycles. The maximum absolute atomic E-state index is 12.8. The fourth-order valence-corrected chi connectivity index (χ4v) is 5.32. The first-order valence-corrected chi connectivity index (χ1v) is 12.3. The highest BCUT2D eigenvalue weighted by Crippen LogP contribution is 2.46. The number of hydrogen-bond acceptors (Lipinski definition) is 7. The molecule has 1 aliphatic rings. The molecule has 0 amide bonds. The second-order valence-electron chi connectivity index (χ2n) is 7.12. The van der Waals surface area contributed by atoms with Crippen LogP contribution in [0.25, 0.3) is 11.4 Å². The van der Waals surface area contributed by atoms with Crippen LogP contribution in [0.1, 0.15) is 5.56 Å². The zero-order valence-corrected chi connectivity index (χ0v) is 21.1. The van der Waals surface area contributed by atoms with Crippen LogP contribution in [0, 0.1) is 0 Å². The Morgan fingerprint density at radius 2 is 1.65 bits per heavy atom. The summed E-state index contributed by atoms with van der Waals surface area (Å²) in [5.74, 6) is -0.0727. The largest absolute Gasteiger partial charge is 0.368 e. The van der Waals surface area contributed by atoms with E-state index < -0.39 is 9.63 Å². The van der Waals surface area contributed by atoms with E-state index in [2.05, 4.69) is 36.7 Å². The lowest BCUT2D eigenvalue weighted by atomic mass is 10.1. The Bertz CT molecular complexity index is 1400. The summed E-state index contributed by atoms with van der Waals surface area (Å²) < 4.78 is 0.306. The van der Waals surface area contributed by atoms with Crippen molar-refractivity contribution in [2.75, 3.05) is 5.43 Å². The zero-order chi connectivity index (χ0) is 23.7. The highest BCUT2D eigenvalue weighted by Gasteiger charge is 2.51. The minimum absolute atomic E-state index is 0.329. The van der Waals surface area contributed by atoms with E-state index in [9.17, 15) is 4.79 Å². The molecule has 0 radical (unpaired) electrons. The van der Waals surface area contributed by atoms with Crippen LogP contribution in [-0.2, 0) is 9.63 Å². The first kappa shape index (κ1) is 22.9. The predicted octanol–water partition coefficient (Wildman–Crippen LogP) is 6.27. The van der Waals surface area contributed by atoms with Crippen molar-refractivity contribution in [2.45, 2.75) is 8.81 Å². The maximum atomic E-state index is 12.8. The fraction of sp³-hybridized carbons (Fsp3) is 0.0435. The minimum Gasteiger partial charge on any atom is -0.315 e. The minimum atomic E-state index is -1.39. The van der Waals surface area contributed by atoms with E-state index in [4.69, 9.17) is 28.0 Å². The van der Waals surface area contributed by atoms with E-state index in [0.717, 1.165) is 23.0 Å². The van der Waals surface area contributed by atoms with Gasteiger partial charge in [-0.3, -0.25) is 5.43 Å². The van der Waals surface area contributed by atoms with Crippen molar-refractivity contribution in [1.82, 2.24) is 14.9 Å². The number of rotatable bonds is 6. The lowest BCUT2D eigenvalue weighted by molar-refractivity contribution is -0.140. The number of nitrogens with zero attached hydrogens (tertiary/aromatic N) is 4. The van der Waals surface area contributed by atoms with Gasteiger partial charge in [-0.2, -0.15) is 0 Å². The number of hydrogen-bond donors (Lipinski definition) is 1. The molecule has 1 aromatic heterocycles. The number of benzene rings is 3. The summed E-state index contributed by atoms with van der Waals surface area (Å²) in [5.41, 5.74) is 5.79. The first-order chi connectivity index (χ1) is 16.5. The summed E-state index contributed by atoms with van der Waals surface area (Å²) >= 11 is 17.1. The quantitative estimate of drug-likeness (QED) is 0.216. The van der Waals surface area contributed by atoms with Crippen molar-refractivity contribution in [3.63, 3.8) is 0 Å². The van der Waals surface area contributed by atoms with Gasteiger partial charge in [0.1, 0.15) is 5.71 Å². The van der Waals surface area contributed by atoms with E-state index >= 15 is 0 Å². The monoisotopic (exact) mass is 573 g/mol. The smallest absolute Gasteiger partial charge is 0.315 e. The Labute approximate surface area is 217 Å². The molecular weight excluding hydrogens is 561 g/mol. The van der Waals surface area contributed by atoms with Crippen LogP contribution in [-0.4, -0.2) is 30.2 Å². The molecule has 0 fully saturated rings. The average molecular weight is 575 g/mol. The van der Waals surface area contributed by atoms with Crippen molar-refractivity contribution in [2.24, 2.45) is 5.16 Å². The van der Waals surface area contributed by atoms with Gasteiger partial charge in [0, 0.05) is 21.2 Å². The summed E-state index contributed by atoms with van der Waals surface area (Å²) in [6, 6.07) is 23.9. The van der Waals surface area contributed by atoms with Gasteiger partial charge in [-0.25, -0.2) is 9.47 Å². The third-order valence-corrected chi connectivity index (χ3v) is 7.75. The molecule has 1 aliphatic heterocycles. The van der Waals surface area contributed by atoms with E-state index in [1.807, 2.05) is 48.5 Å². The van der Waals surface area contributed by atoms with Gasteiger partial charge in [-0.05, 0) is 54.2 Å². The number of oxime groups is 1. The number of carbonyl (C=O) groups excluding carboxylic acids is 1. The van der Waals surface area contributed by atoms with Crippen molar-refractivity contribution in [3.05, 3.63) is 94.5 Å². The molecular formula is C23H14BrCl2N5O2S. The second-order valence-corrected chi connectivity index (χ2v) is 10.9. The van der Waals surface area contributed by atoms with Crippen LogP contribution >= 0.6 is 50.9 Å². The number of para-hydroxylation sites is 1. The van der Waals surface area contributed by atoms with Crippen molar-refractivity contribution in [1.29, 1.82) is 0 Å². The molecule has 3 aromatic carbocycles. The number of alkyl halides is 1. The third-order valence-electron chi connectivity index (χ3n) is 4.90. The van der Waals surface area contributed by atoms with Crippen LogP contribution in [0.2, 0.25) is 10.0 Å². The van der Waals surface area contributed by atoms with Crippen LogP contribution in [0.5, 0.6) is 0 Å². The summed E-state index contributed by atoms with van der Waals surface area (Å²) in [5, 5.41) is 14.2. The number of aromatic nitrogens is 3. The van der Waals surface area contributed by atoms with E-state index in [-0.39, 0.29) is 0 Å². The summed E-state index contributed by atoms with van der Waals surface area (Å²) in [4.78, 5) is 17.9. The molecule has 0 bridgehead atoms. The van der Waals surface area contributed by atoms with Crippen LogP contribution in [0.15, 0.2) is 89.2 Å². The topological polar surface area (TPSA) is 81.4 Å². The van der Waals surface area contributed by atoms with Crippen LogP contribution in [0.4, 0.5) is 5.69 Å². The molecule has 170 valence electrons. The number of anilines is 1. The standard InChI is InChI=1S/C23H14BrCl2N5O2S/c24-23(19(30-33-21(23)32)17-8-4-5-9-18(17)26)34-22-28-27-20(14-10-12-15(25)13-11-14)31(22)29-16-6-2-1-3-7-16/h1-13,29H. The molecule has 1 unspecified atom stereocenters. The van der Waals surface area contributed by atoms with Gasteiger partial charge in [0.05, 0.1) is 5.69 Å². The van der Waals surface area contributed by atoms with Crippen molar-refractivity contribution >= 4 is 68.3 Å². The summed E-state index contributed by atoms with van der Waals surface area (Å²) in [6.45, 7) is 0. The maximum Gasteiger partial charge on any atom is 0.368 e. The SMILES string of the molecule is O=C1ON=C(c2ccccc2Cl)C1(Br)Sc1nnc(-c2ccc(Cl)cc2)n1Nc1ccccc1. The zero-order valence-electron chi connectivity index (χ0n) is 17.2. The van der Waals surface area contributed by atoms with Gasteiger partial charge in [-0.15, -0.1) is 10.2 Å². The normalized spacial score (nSPS) is 17.4. The summed E-state index contributed by atoms with van der Waals surface area (Å²) in [7, 11) is 0. The Hall–Kier alpha value is -2.85. The first-order valence-electron chi connectivity index (χ1n) is 9.92. The summed E-state index contributed by atoms with van der Waals surface area (Å²) in [6.07, 6.45) is 0. The Balaban J connectivity index is 1.58. The lowest BCUT2D eigenvalue weighted by Gasteiger charge is -2.20. The van der Waals surface area contributed by atoms with Gasteiger partial charge in [0.15, 0.2) is 5.82 Å². The Kier molecular flexibility index (Phi) is 6.35. The number of thioether (sulfide) groups is 1. The second kappa shape index (κ2) is 9.42. The van der Waals surface area contributed by atoms with E-state index in [1.54, 1.807) is 35.0 Å². The highest BCUT2D eigenvalue weighted by atomic mass is 79.9. The predicted molar refractivity (Wildman–Crippen MR) is 138 cm³/mol. The molecule has 5 rings (SSSR count). The average Bonchev–Trinajstić information content (AvgIpc) is 3.36. The molecule has 0 saturated heterocycles. The third kappa shape index (κ3) is 4.32. The number of nitrogens with one attached hydrogen (secondary N) is 1. The van der Waals surface area contributed by atoms with Gasteiger partial charge in [0.25, 0.3) is 0 Å². The van der Waals surface area contributed by atoms with Gasteiger partial charge in [0.2, 0.25) is 8.81 Å². The van der Waals surface area contributed by atoms with Gasteiger partial charge < -0.3 is 4.84 Å². The molecule has 11 heteroatoms. The molecule has 0 aliphatic carbocycles. The number of carbonyl (C=O) groups is 1. The fourth-order valence-electron chi connectivity index (χ4n) is 3.26. The Morgan fingerprint density at radius 1 is 0.941 bits per heavy atom. The molecule has 7 nitrogen and oxygen atoms in total. The van der Waals surface area contributed by atoms with Crippen LogP contribution in [0.3, 0.4) is 0 Å². The van der Waals surface area contributed by atoms with Gasteiger partial charge >= 0.3 is 5.97 Å². The van der Waals surface area contributed by atoms with Crippen molar-refractivity contribution in [3.8, 4) is 11.4 Å². The molecule has 34 heavy (non-hydrogen) atoms. The Morgan fingerprint density at radius 3 is 2.38 bits per heavy atom. The number of halogens is 3. The molecule has 4 aromatic rings. The molecule has 1 N–H and O–H groups in total. The van der Waals surface area contributed by atoms with E-state index in [1.165, 1.54) is 0 Å². The molecule has 0 spiro atoms. The van der Waals surface area contributed by atoms with Crippen LogP contribution < -0.4 is 5.43 Å². The molecule has 1 atom stereocenters. The molecule has 0 saturated carbocycles. The highest BCUT2D eigenvalue weighted by molar-refractivity contribution is 9.12. The lowest BCUT2D eigenvalue weighted by Crippen LogP contribution is -2.34. The van der Waals surface area contributed by atoms with Crippen molar-refractivity contribution < 1.29 is 9.63 Å².